The number of nitrogens with one attached hydrogen (secondary N) is 1. The van der Waals surface area contributed by atoms with E-state index in [0.717, 1.165) is 19.8 Å². The van der Waals surface area contributed by atoms with E-state index in [1.54, 1.807) is 0 Å². The van der Waals surface area contributed by atoms with E-state index >= 15 is 0 Å². The van der Waals surface area contributed by atoms with Crippen LogP contribution in [0.5, 0.6) is 0 Å². The van der Waals surface area contributed by atoms with E-state index in [9.17, 15) is 0 Å². The van der Waals surface area contributed by atoms with Crippen molar-refractivity contribution in [3.8, 4) is 0 Å². The topological polar surface area (TPSA) is 24.5 Å². The molecule has 1 fully saturated rings. The molecule has 2 heterocycles. The third kappa shape index (κ3) is 2.08. The normalized spacial score (nSPS) is 22.3. The van der Waals surface area contributed by atoms with Crippen molar-refractivity contribution in [1.29, 1.82) is 0 Å². The SMILES string of the molecule is CN(C)c1ccc(C2COCCN2)s1. The van der Waals surface area contributed by atoms with Crippen molar-refractivity contribution in [2.75, 3.05) is 38.8 Å². The molecule has 0 radical (unpaired) electrons. The van der Waals surface area contributed by atoms with Crippen molar-refractivity contribution < 1.29 is 4.74 Å². The molecule has 0 bridgehead atoms. The first-order valence-corrected chi connectivity index (χ1v) is 5.67. The summed E-state index contributed by atoms with van der Waals surface area (Å²) in [5.41, 5.74) is 0. The van der Waals surface area contributed by atoms with Gasteiger partial charge in [0.25, 0.3) is 0 Å². The molecule has 1 unspecified atom stereocenters. The third-order valence-corrected chi connectivity index (χ3v) is 3.69. The Morgan fingerprint density at radius 1 is 1.50 bits per heavy atom. The molecule has 0 aromatic carbocycles. The fraction of sp³-hybridized carbons (Fsp3) is 0.600. The first-order valence-electron chi connectivity index (χ1n) is 4.85. The molecule has 0 amide bonds. The Morgan fingerprint density at radius 3 is 2.93 bits per heavy atom. The third-order valence-electron chi connectivity index (χ3n) is 2.32. The molecule has 0 aliphatic carbocycles. The van der Waals surface area contributed by atoms with Gasteiger partial charge >= 0.3 is 0 Å². The van der Waals surface area contributed by atoms with Gasteiger partial charge in [-0.15, -0.1) is 11.3 Å². The number of thiophene rings is 1. The molecule has 0 saturated carbocycles. The molecular formula is C10H16N2OS. The van der Waals surface area contributed by atoms with Crippen LogP contribution in [0.1, 0.15) is 10.9 Å². The van der Waals surface area contributed by atoms with Crippen LogP contribution in [0.3, 0.4) is 0 Å². The summed E-state index contributed by atoms with van der Waals surface area (Å²) in [4.78, 5) is 3.51. The van der Waals surface area contributed by atoms with E-state index in [1.165, 1.54) is 9.88 Å². The molecule has 4 heteroatoms. The molecule has 1 atom stereocenters. The molecule has 1 saturated heterocycles. The second-order valence-electron chi connectivity index (χ2n) is 3.65. The van der Waals surface area contributed by atoms with Crippen LogP contribution in [0.15, 0.2) is 12.1 Å². The second-order valence-corrected chi connectivity index (χ2v) is 4.75. The highest BCUT2D eigenvalue weighted by Crippen LogP contribution is 2.29. The van der Waals surface area contributed by atoms with E-state index in [4.69, 9.17) is 4.74 Å². The lowest BCUT2D eigenvalue weighted by Gasteiger charge is -2.22. The Balaban J connectivity index is 2.07. The number of morpholine rings is 1. The summed E-state index contributed by atoms with van der Waals surface area (Å²) >= 11 is 1.83. The summed E-state index contributed by atoms with van der Waals surface area (Å²) < 4.78 is 5.44. The Bertz CT molecular complexity index is 292. The van der Waals surface area contributed by atoms with Crippen LogP contribution in [-0.2, 0) is 4.74 Å². The van der Waals surface area contributed by atoms with E-state index in [2.05, 4.69) is 36.4 Å². The number of rotatable bonds is 2. The Kier molecular flexibility index (Phi) is 3.05. The molecular weight excluding hydrogens is 196 g/mol. The lowest BCUT2D eigenvalue weighted by atomic mass is 10.2. The molecule has 1 N–H and O–H groups in total. The number of nitrogens with zero attached hydrogens (tertiary/aromatic N) is 1. The highest BCUT2D eigenvalue weighted by Gasteiger charge is 2.17. The summed E-state index contributed by atoms with van der Waals surface area (Å²) in [6.07, 6.45) is 0. The van der Waals surface area contributed by atoms with Crippen LogP contribution in [0, 0.1) is 0 Å². The summed E-state index contributed by atoms with van der Waals surface area (Å²) in [5, 5.41) is 4.75. The van der Waals surface area contributed by atoms with Crippen LogP contribution < -0.4 is 10.2 Å². The van der Waals surface area contributed by atoms with Crippen molar-refractivity contribution in [1.82, 2.24) is 5.32 Å². The van der Waals surface area contributed by atoms with Crippen molar-refractivity contribution in [2.24, 2.45) is 0 Å². The zero-order chi connectivity index (χ0) is 9.97. The fourth-order valence-corrected chi connectivity index (χ4v) is 2.51. The van der Waals surface area contributed by atoms with E-state index in [-0.39, 0.29) is 0 Å². The second kappa shape index (κ2) is 4.29. The molecule has 1 aliphatic rings. The molecule has 3 nitrogen and oxygen atoms in total. The van der Waals surface area contributed by atoms with Crippen molar-refractivity contribution in [3.05, 3.63) is 17.0 Å². The van der Waals surface area contributed by atoms with Gasteiger partial charge in [0.15, 0.2) is 0 Å². The van der Waals surface area contributed by atoms with Gasteiger partial charge in [0, 0.05) is 25.5 Å². The summed E-state index contributed by atoms with van der Waals surface area (Å²) in [7, 11) is 4.14. The van der Waals surface area contributed by atoms with Gasteiger partial charge in [-0.05, 0) is 12.1 Å². The summed E-state index contributed by atoms with van der Waals surface area (Å²) in [6.45, 7) is 2.59. The maximum absolute atomic E-state index is 5.44. The van der Waals surface area contributed by atoms with E-state index in [0.29, 0.717) is 6.04 Å². The van der Waals surface area contributed by atoms with Gasteiger partial charge in [0.2, 0.25) is 0 Å². The maximum atomic E-state index is 5.44. The first-order chi connectivity index (χ1) is 6.77. The quantitative estimate of drug-likeness (QED) is 0.803. The smallest absolute Gasteiger partial charge is 0.0906 e. The largest absolute Gasteiger partial charge is 0.378 e. The van der Waals surface area contributed by atoms with Gasteiger partial charge in [-0.3, -0.25) is 0 Å². The Morgan fingerprint density at radius 2 is 2.36 bits per heavy atom. The molecule has 1 aromatic heterocycles. The summed E-state index contributed by atoms with van der Waals surface area (Å²) in [6, 6.07) is 4.74. The molecule has 78 valence electrons. The van der Waals surface area contributed by atoms with Gasteiger partial charge in [-0.25, -0.2) is 0 Å². The Labute approximate surface area is 88.7 Å². The standard InChI is InChI=1S/C10H16N2OS/c1-12(2)10-4-3-9(14-10)8-7-13-6-5-11-8/h3-4,8,11H,5-7H2,1-2H3. The number of anilines is 1. The summed E-state index contributed by atoms with van der Waals surface area (Å²) in [5.74, 6) is 0. The lowest BCUT2D eigenvalue weighted by Crippen LogP contribution is -2.33. The number of hydrogen-bond acceptors (Lipinski definition) is 4. The first kappa shape index (κ1) is 9.96. The van der Waals surface area contributed by atoms with Gasteiger partial charge in [-0.2, -0.15) is 0 Å². The van der Waals surface area contributed by atoms with Crippen LogP contribution in [0.25, 0.3) is 0 Å². The molecule has 1 aromatic rings. The molecule has 2 rings (SSSR count). The van der Waals surface area contributed by atoms with E-state index in [1.807, 2.05) is 11.3 Å². The average molecular weight is 212 g/mol. The van der Waals surface area contributed by atoms with Crippen LogP contribution in [0.2, 0.25) is 0 Å². The van der Waals surface area contributed by atoms with Crippen molar-refractivity contribution in [3.63, 3.8) is 0 Å². The van der Waals surface area contributed by atoms with Gasteiger partial charge in [0.1, 0.15) is 0 Å². The van der Waals surface area contributed by atoms with Crippen molar-refractivity contribution in [2.45, 2.75) is 6.04 Å². The van der Waals surface area contributed by atoms with Gasteiger partial charge < -0.3 is 15.0 Å². The molecule has 0 spiro atoms. The zero-order valence-electron chi connectivity index (χ0n) is 8.62. The van der Waals surface area contributed by atoms with E-state index < -0.39 is 0 Å². The fourth-order valence-electron chi connectivity index (χ4n) is 1.52. The maximum Gasteiger partial charge on any atom is 0.0906 e. The van der Waals surface area contributed by atoms with Gasteiger partial charge in [-0.1, -0.05) is 0 Å². The monoisotopic (exact) mass is 212 g/mol. The minimum absolute atomic E-state index is 0.391. The van der Waals surface area contributed by atoms with Crippen molar-refractivity contribution >= 4 is 16.3 Å². The van der Waals surface area contributed by atoms with Crippen LogP contribution >= 0.6 is 11.3 Å². The number of ether oxygens (including phenoxy) is 1. The van der Waals surface area contributed by atoms with Crippen LogP contribution in [-0.4, -0.2) is 33.9 Å². The highest BCUT2D eigenvalue weighted by atomic mass is 32.1. The minimum atomic E-state index is 0.391. The highest BCUT2D eigenvalue weighted by molar-refractivity contribution is 7.16. The molecule has 14 heavy (non-hydrogen) atoms. The Hall–Kier alpha value is -0.580. The van der Waals surface area contributed by atoms with Crippen LogP contribution in [0.4, 0.5) is 5.00 Å². The molecule has 1 aliphatic heterocycles. The van der Waals surface area contributed by atoms with Gasteiger partial charge in [0.05, 0.1) is 24.3 Å². The predicted molar refractivity (Wildman–Crippen MR) is 60.2 cm³/mol. The number of hydrogen-bond donors (Lipinski definition) is 1. The minimum Gasteiger partial charge on any atom is -0.378 e. The predicted octanol–water partition coefficient (Wildman–Crippen LogP) is 1.48. The average Bonchev–Trinajstić information content (AvgIpc) is 2.68. The zero-order valence-corrected chi connectivity index (χ0v) is 9.43. The lowest BCUT2D eigenvalue weighted by molar-refractivity contribution is 0.0779.